The van der Waals surface area contributed by atoms with Gasteiger partial charge in [-0.2, -0.15) is 10.1 Å². The van der Waals surface area contributed by atoms with E-state index in [2.05, 4.69) is 30.1 Å². The predicted octanol–water partition coefficient (Wildman–Crippen LogP) is 1.46. The Bertz CT molecular complexity index is 1320. The zero-order valence-electron chi connectivity index (χ0n) is 16.0. The van der Waals surface area contributed by atoms with Crippen molar-refractivity contribution in [3.63, 3.8) is 0 Å². The normalized spacial score (nSPS) is 22.6. The number of halogens is 1. The van der Waals surface area contributed by atoms with E-state index in [1.54, 1.807) is 25.5 Å². The van der Waals surface area contributed by atoms with Crippen LogP contribution in [-0.4, -0.2) is 47.5 Å². The van der Waals surface area contributed by atoms with Gasteiger partial charge >= 0.3 is 0 Å². The van der Waals surface area contributed by atoms with Gasteiger partial charge in [0.25, 0.3) is 5.56 Å². The van der Waals surface area contributed by atoms with Crippen molar-refractivity contribution in [3.05, 3.63) is 57.9 Å². The molecule has 4 aromatic heterocycles. The van der Waals surface area contributed by atoms with Crippen LogP contribution in [0.15, 0.2) is 40.2 Å². The molecule has 0 N–H and O–H groups in total. The SMILES string of the molecule is Cn1ncc2ncn(Cc3nc([C@H]4[C@@H]5CN(c6cc(Cl)ccn6)C[C@@H]54)no3)c(=O)c21. The van der Waals surface area contributed by atoms with Crippen LogP contribution in [0.3, 0.4) is 0 Å². The third-order valence-corrected chi connectivity index (χ3v) is 6.27. The highest BCUT2D eigenvalue weighted by Gasteiger charge is 2.58. The molecule has 0 bridgehead atoms. The number of fused-ring (bicyclic) bond motifs is 2. The third-order valence-electron chi connectivity index (χ3n) is 6.03. The van der Waals surface area contributed by atoms with Crippen LogP contribution in [0.5, 0.6) is 0 Å². The maximum absolute atomic E-state index is 12.7. The largest absolute Gasteiger partial charge is 0.356 e. The second-order valence-corrected chi connectivity index (χ2v) is 8.25. The molecule has 2 fully saturated rings. The first-order chi connectivity index (χ1) is 14.6. The molecule has 0 unspecified atom stereocenters. The molecule has 1 saturated carbocycles. The van der Waals surface area contributed by atoms with Gasteiger partial charge in [0.05, 0.1) is 12.5 Å². The standard InChI is InChI=1S/C19H17ClN8O2/c1-26-17-13(5-23-26)22-9-28(19(17)29)8-15-24-18(25-30-15)16-11-6-27(7-12(11)16)14-4-10(20)2-3-21-14/h2-5,9,11-12,16H,6-8H2,1H3/t11-,12+,16+. The van der Waals surface area contributed by atoms with Crippen LogP contribution in [0.1, 0.15) is 17.6 Å². The summed E-state index contributed by atoms with van der Waals surface area (Å²) in [5, 5.41) is 8.94. The van der Waals surface area contributed by atoms with Crippen molar-refractivity contribution in [1.82, 2.24) is 34.5 Å². The Kier molecular flexibility index (Phi) is 3.73. The molecule has 10 nitrogen and oxygen atoms in total. The van der Waals surface area contributed by atoms with E-state index in [0.29, 0.717) is 39.6 Å². The summed E-state index contributed by atoms with van der Waals surface area (Å²) in [7, 11) is 1.72. The molecule has 0 aromatic carbocycles. The maximum atomic E-state index is 12.7. The molecule has 1 aliphatic carbocycles. The van der Waals surface area contributed by atoms with Crippen LogP contribution in [0.4, 0.5) is 5.82 Å². The van der Waals surface area contributed by atoms with E-state index in [1.807, 2.05) is 6.07 Å². The van der Waals surface area contributed by atoms with Gasteiger partial charge in [0.15, 0.2) is 11.3 Å². The maximum Gasteiger partial charge on any atom is 0.279 e. The molecule has 0 radical (unpaired) electrons. The molecule has 3 atom stereocenters. The number of hydrogen-bond donors (Lipinski definition) is 0. The van der Waals surface area contributed by atoms with E-state index in [4.69, 9.17) is 16.1 Å². The summed E-state index contributed by atoms with van der Waals surface area (Å²) >= 11 is 6.08. The molecular weight excluding hydrogens is 408 g/mol. The Morgan fingerprint density at radius 1 is 1.27 bits per heavy atom. The second-order valence-electron chi connectivity index (χ2n) is 7.82. The fourth-order valence-electron chi connectivity index (χ4n) is 4.48. The molecule has 1 aliphatic heterocycles. The van der Waals surface area contributed by atoms with Gasteiger partial charge < -0.3 is 9.42 Å². The predicted molar refractivity (Wildman–Crippen MR) is 107 cm³/mol. The molecule has 0 amide bonds. The average molecular weight is 425 g/mol. The second kappa shape index (κ2) is 6.36. The van der Waals surface area contributed by atoms with Crippen molar-refractivity contribution in [3.8, 4) is 0 Å². The van der Waals surface area contributed by atoms with Crippen LogP contribution < -0.4 is 10.5 Å². The highest BCUT2D eigenvalue weighted by molar-refractivity contribution is 6.30. The molecule has 30 heavy (non-hydrogen) atoms. The monoisotopic (exact) mass is 424 g/mol. The summed E-state index contributed by atoms with van der Waals surface area (Å²) in [6.45, 7) is 1.97. The number of piperidine rings is 1. The number of hydrogen-bond acceptors (Lipinski definition) is 8. The lowest BCUT2D eigenvalue weighted by Crippen LogP contribution is -2.24. The Morgan fingerprint density at radius 3 is 2.90 bits per heavy atom. The van der Waals surface area contributed by atoms with Gasteiger partial charge in [-0.1, -0.05) is 16.8 Å². The summed E-state index contributed by atoms with van der Waals surface area (Å²) in [4.78, 5) is 28.1. The fourth-order valence-corrected chi connectivity index (χ4v) is 4.63. The number of pyridine rings is 1. The van der Waals surface area contributed by atoms with Gasteiger partial charge in [0, 0.05) is 37.3 Å². The molecule has 152 valence electrons. The lowest BCUT2D eigenvalue weighted by atomic mass is 10.2. The first-order valence-corrected chi connectivity index (χ1v) is 10.0. The van der Waals surface area contributed by atoms with Gasteiger partial charge in [-0.05, 0) is 24.0 Å². The smallest absolute Gasteiger partial charge is 0.279 e. The lowest BCUT2D eigenvalue weighted by Gasteiger charge is -2.20. The van der Waals surface area contributed by atoms with Crippen molar-refractivity contribution in [2.45, 2.75) is 12.5 Å². The molecule has 6 rings (SSSR count). The van der Waals surface area contributed by atoms with Crippen LogP contribution in [0.25, 0.3) is 11.0 Å². The number of anilines is 1. The van der Waals surface area contributed by atoms with Gasteiger partial charge in [-0.3, -0.25) is 14.0 Å². The van der Waals surface area contributed by atoms with Crippen LogP contribution in [-0.2, 0) is 13.6 Å². The van der Waals surface area contributed by atoms with Crippen molar-refractivity contribution < 1.29 is 4.52 Å². The number of nitrogens with zero attached hydrogens (tertiary/aromatic N) is 8. The van der Waals surface area contributed by atoms with Gasteiger partial charge in [-0.15, -0.1) is 0 Å². The number of aryl methyl sites for hydroxylation is 1. The minimum absolute atomic E-state index is 0.181. The number of aromatic nitrogens is 7. The first-order valence-electron chi connectivity index (χ1n) is 9.64. The van der Waals surface area contributed by atoms with E-state index >= 15 is 0 Å². The van der Waals surface area contributed by atoms with Crippen molar-refractivity contribution in [2.24, 2.45) is 18.9 Å². The Balaban J connectivity index is 1.17. The Hall–Kier alpha value is -3.27. The fraction of sp³-hybridized carbons (Fsp3) is 0.368. The van der Waals surface area contributed by atoms with Crippen LogP contribution >= 0.6 is 11.6 Å². The van der Waals surface area contributed by atoms with E-state index in [1.165, 1.54) is 15.6 Å². The van der Waals surface area contributed by atoms with Gasteiger partial charge in [0.1, 0.15) is 17.9 Å². The quantitative estimate of drug-likeness (QED) is 0.484. The summed E-state index contributed by atoms with van der Waals surface area (Å²) in [6.07, 6.45) is 4.78. The molecular formula is C19H17ClN8O2. The molecule has 11 heteroatoms. The number of rotatable bonds is 4. The summed E-state index contributed by atoms with van der Waals surface area (Å²) in [5.74, 6) is 3.25. The molecule has 2 aliphatic rings. The van der Waals surface area contributed by atoms with Crippen LogP contribution in [0.2, 0.25) is 5.02 Å². The highest BCUT2D eigenvalue weighted by atomic mass is 35.5. The summed E-state index contributed by atoms with van der Waals surface area (Å²) < 4.78 is 8.41. The highest BCUT2D eigenvalue weighted by Crippen LogP contribution is 2.57. The van der Waals surface area contributed by atoms with Crippen molar-refractivity contribution in [1.29, 1.82) is 0 Å². The molecule has 5 heterocycles. The van der Waals surface area contributed by atoms with E-state index < -0.39 is 0 Å². The average Bonchev–Trinajstić information content (AvgIpc) is 3.16. The van der Waals surface area contributed by atoms with Crippen LogP contribution in [0, 0.1) is 11.8 Å². The molecule has 0 spiro atoms. The van der Waals surface area contributed by atoms with Gasteiger partial charge in [-0.25, -0.2) is 9.97 Å². The van der Waals surface area contributed by atoms with Crippen molar-refractivity contribution >= 4 is 28.5 Å². The summed E-state index contributed by atoms with van der Waals surface area (Å²) in [5.41, 5.74) is 0.825. The first kappa shape index (κ1) is 17.6. The Labute approximate surface area is 175 Å². The van der Waals surface area contributed by atoms with Gasteiger partial charge in [0.2, 0.25) is 5.89 Å². The van der Waals surface area contributed by atoms with E-state index in [0.717, 1.165) is 18.9 Å². The lowest BCUT2D eigenvalue weighted by molar-refractivity contribution is 0.363. The third kappa shape index (κ3) is 2.71. The topological polar surface area (TPSA) is 108 Å². The van der Waals surface area contributed by atoms with Crippen molar-refractivity contribution in [2.75, 3.05) is 18.0 Å². The molecule has 1 saturated heterocycles. The van der Waals surface area contributed by atoms with E-state index in [-0.39, 0.29) is 18.0 Å². The minimum atomic E-state index is -0.187. The Morgan fingerprint density at radius 2 is 2.10 bits per heavy atom. The molecule has 4 aromatic rings. The van der Waals surface area contributed by atoms with E-state index in [9.17, 15) is 4.79 Å². The summed E-state index contributed by atoms with van der Waals surface area (Å²) in [6, 6.07) is 3.66. The zero-order valence-corrected chi connectivity index (χ0v) is 16.8. The minimum Gasteiger partial charge on any atom is -0.356 e. The zero-order chi connectivity index (χ0) is 20.4.